The van der Waals surface area contributed by atoms with Crippen LogP contribution in [0.25, 0.3) is 0 Å². The Balaban J connectivity index is 3.37. The molecule has 0 bridgehead atoms. The van der Waals surface area contributed by atoms with Gasteiger partial charge in [0.2, 0.25) is 5.91 Å². The van der Waals surface area contributed by atoms with Crippen LogP contribution in [0, 0.1) is 0 Å². The monoisotopic (exact) mass is 446 g/mol. The number of ether oxygens (including phenoxy) is 3. The number of rotatable bonds is 8. The maximum absolute atomic E-state index is 12.6. The summed E-state index contributed by atoms with van der Waals surface area (Å²) in [6, 6.07) is -1.90. The molecule has 10 nitrogen and oxygen atoms in total. The van der Waals surface area contributed by atoms with E-state index in [4.69, 9.17) is 14.2 Å². The minimum Gasteiger partial charge on any atom is -0.464 e. The van der Waals surface area contributed by atoms with Gasteiger partial charge in [-0.15, -0.1) is 0 Å². The minimum absolute atomic E-state index is 0.00871. The van der Waals surface area contributed by atoms with Crippen molar-refractivity contribution < 1.29 is 38.8 Å². The van der Waals surface area contributed by atoms with Crippen LogP contribution < -0.4 is 10.6 Å². The number of hydrogen-bond donors (Lipinski definition) is 4. The smallest absolute Gasteiger partial charge is 0.407 e. The van der Waals surface area contributed by atoms with Crippen molar-refractivity contribution in [2.75, 3.05) is 6.61 Å². The molecule has 1 aliphatic carbocycles. The molecule has 1 fully saturated rings. The number of nitrogens with one attached hydrogen (secondary N) is 2. The van der Waals surface area contributed by atoms with Gasteiger partial charge in [-0.3, -0.25) is 4.79 Å². The summed E-state index contributed by atoms with van der Waals surface area (Å²) in [6.07, 6.45) is -3.17. The number of alkyl carbamates (subject to hydrolysis) is 1. The second-order valence-corrected chi connectivity index (χ2v) is 8.81. The molecule has 31 heavy (non-hydrogen) atoms. The fourth-order valence-corrected chi connectivity index (χ4v) is 3.62. The van der Waals surface area contributed by atoms with Crippen LogP contribution in [0.3, 0.4) is 0 Å². The first kappa shape index (κ1) is 27.1. The molecule has 4 N–H and O–H groups in total. The topological polar surface area (TPSA) is 143 Å². The third-order valence-corrected chi connectivity index (χ3v) is 5.08. The Kier molecular flexibility index (Phi) is 9.71. The van der Waals surface area contributed by atoms with Gasteiger partial charge in [-0.2, -0.15) is 0 Å². The minimum atomic E-state index is -2.35. The molecule has 0 saturated heterocycles. The van der Waals surface area contributed by atoms with Crippen LogP contribution in [-0.4, -0.2) is 76.4 Å². The highest BCUT2D eigenvalue weighted by atomic mass is 16.6. The number of carbonyl (C=O) groups is 3. The van der Waals surface area contributed by atoms with E-state index in [0.717, 1.165) is 0 Å². The van der Waals surface area contributed by atoms with Crippen LogP contribution in [0.15, 0.2) is 0 Å². The predicted molar refractivity (Wildman–Crippen MR) is 112 cm³/mol. The van der Waals surface area contributed by atoms with Crippen molar-refractivity contribution in [1.29, 1.82) is 0 Å². The molecule has 10 heteroatoms. The molecule has 1 saturated carbocycles. The van der Waals surface area contributed by atoms with Gasteiger partial charge in [0.05, 0.1) is 24.8 Å². The lowest BCUT2D eigenvalue weighted by Gasteiger charge is -2.48. The van der Waals surface area contributed by atoms with Gasteiger partial charge in [0.15, 0.2) is 5.60 Å². The Morgan fingerprint density at radius 1 is 1.13 bits per heavy atom. The summed E-state index contributed by atoms with van der Waals surface area (Å²) in [6.45, 7) is 11.7. The molecule has 180 valence electrons. The Morgan fingerprint density at radius 3 is 2.16 bits per heavy atom. The number of amides is 2. The van der Waals surface area contributed by atoms with Gasteiger partial charge in [0.25, 0.3) is 0 Å². The number of aliphatic hydroxyl groups is 2. The van der Waals surface area contributed by atoms with E-state index in [1.807, 2.05) is 13.8 Å². The summed E-state index contributed by atoms with van der Waals surface area (Å²) >= 11 is 0. The zero-order valence-corrected chi connectivity index (χ0v) is 19.6. The molecule has 0 radical (unpaired) electrons. The highest BCUT2D eigenvalue weighted by Gasteiger charge is 2.59. The molecule has 5 atom stereocenters. The molecule has 0 aromatic carbocycles. The quantitative estimate of drug-likeness (QED) is 0.405. The maximum atomic E-state index is 12.6. The van der Waals surface area contributed by atoms with Gasteiger partial charge in [-0.25, -0.2) is 9.59 Å². The van der Waals surface area contributed by atoms with E-state index in [2.05, 4.69) is 10.6 Å². The molecular formula is C21H38N2O8. The van der Waals surface area contributed by atoms with Gasteiger partial charge in [-0.1, -0.05) is 13.8 Å². The first-order valence-electron chi connectivity index (χ1n) is 10.8. The van der Waals surface area contributed by atoms with E-state index in [9.17, 15) is 24.6 Å². The van der Waals surface area contributed by atoms with Crippen molar-refractivity contribution in [3.63, 3.8) is 0 Å². The summed E-state index contributed by atoms with van der Waals surface area (Å²) < 4.78 is 16.3. The zero-order chi connectivity index (χ0) is 24.0. The summed E-state index contributed by atoms with van der Waals surface area (Å²) in [5.74, 6) is -1.45. The first-order valence-corrected chi connectivity index (χ1v) is 10.8. The van der Waals surface area contributed by atoms with Crippen LogP contribution in [0.4, 0.5) is 4.79 Å². The Labute approximate surface area is 184 Å². The highest BCUT2D eigenvalue weighted by molar-refractivity contribution is 5.81. The van der Waals surface area contributed by atoms with E-state index in [0.29, 0.717) is 12.8 Å². The van der Waals surface area contributed by atoms with E-state index >= 15 is 0 Å². The number of aliphatic hydroxyl groups excluding tert-OH is 1. The van der Waals surface area contributed by atoms with Crippen molar-refractivity contribution >= 4 is 18.0 Å². The summed E-state index contributed by atoms with van der Waals surface area (Å²) in [7, 11) is 0. The zero-order valence-electron chi connectivity index (χ0n) is 19.6. The van der Waals surface area contributed by atoms with Gasteiger partial charge >= 0.3 is 12.1 Å². The lowest BCUT2D eigenvalue weighted by Crippen LogP contribution is -2.73. The molecule has 0 spiro atoms. The number of carbonyl (C=O) groups excluding carboxylic acids is 3. The van der Waals surface area contributed by atoms with Crippen molar-refractivity contribution in [2.24, 2.45) is 0 Å². The molecule has 2 amide bonds. The molecule has 0 aromatic rings. The van der Waals surface area contributed by atoms with Crippen molar-refractivity contribution in [1.82, 2.24) is 10.6 Å². The molecule has 0 aromatic heterocycles. The molecule has 0 aliphatic heterocycles. The molecular weight excluding hydrogens is 408 g/mol. The average Bonchev–Trinajstić information content (AvgIpc) is 2.64. The maximum Gasteiger partial charge on any atom is 0.407 e. The third kappa shape index (κ3) is 7.33. The average molecular weight is 447 g/mol. The van der Waals surface area contributed by atoms with E-state index in [-0.39, 0.29) is 12.7 Å². The van der Waals surface area contributed by atoms with Crippen LogP contribution in [-0.2, 0) is 23.8 Å². The third-order valence-electron chi connectivity index (χ3n) is 5.08. The van der Waals surface area contributed by atoms with Gasteiger partial charge < -0.3 is 35.1 Å². The van der Waals surface area contributed by atoms with Gasteiger partial charge in [0.1, 0.15) is 17.8 Å². The largest absolute Gasteiger partial charge is 0.464 e. The fourth-order valence-electron chi connectivity index (χ4n) is 3.62. The summed E-state index contributed by atoms with van der Waals surface area (Å²) in [5, 5.41) is 27.4. The normalized spacial score (nSPS) is 28.7. The van der Waals surface area contributed by atoms with Crippen molar-refractivity contribution in [2.45, 2.75) is 109 Å². The lowest BCUT2D eigenvalue weighted by atomic mass is 9.74. The van der Waals surface area contributed by atoms with Crippen molar-refractivity contribution in [3.8, 4) is 0 Å². The molecule has 0 heterocycles. The molecule has 0 unspecified atom stereocenters. The first-order chi connectivity index (χ1) is 14.3. The Morgan fingerprint density at radius 2 is 1.71 bits per heavy atom. The second kappa shape index (κ2) is 11.1. The van der Waals surface area contributed by atoms with E-state index in [1.165, 1.54) is 6.92 Å². The van der Waals surface area contributed by atoms with Gasteiger partial charge in [-0.05, 0) is 40.5 Å². The summed E-state index contributed by atoms with van der Waals surface area (Å²) in [4.78, 5) is 36.9. The number of esters is 1. The SMILES string of the molecule is CCOC(=O)[C@]1(O)C[C@H](NC(=O)OC(C)(C)C)[C@@H](NC(C)=O)[C@H](OC(CC)CC)[C@H]1O. The Hall–Kier alpha value is -1.91. The molecule has 1 aliphatic rings. The van der Waals surface area contributed by atoms with E-state index in [1.54, 1.807) is 27.7 Å². The van der Waals surface area contributed by atoms with Crippen molar-refractivity contribution in [3.05, 3.63) is 0 Å². The van der Waals surface area contributed by atoms with Crippen LogP contribution in [0.2, 0.25) is 0 Å². The molecule has 1 rings (SSSR count). The second-order valence-electron chi connectivity index (χ2n) is 8.81. The number of hydrogen-bond acceptors (Lipinski definition) is 8. The van der Waals surface area contributed by atoms with E-state index < -0.39 is 59.9 Å². The van der Waals surface area contributed by atoms with Crippen LogP contribution in [0.5, 0.6) is 0 Å². The Bertz CT molecular complexity index is 631. The predicted octanol–water partition coefficient (Wildman–Crippen LogP) is 1.02. The van der Waals surface area contributed by atoms with Crippen LogP contribution in [0.1, 0.15) is 67.7 Å². The van der Waals surface area contributed by atoms with Crippen LogP contribution >= 0.6 is 0 Å². The fraction of sp³-hybridized carbons (Fsp3) is 0.857. The lowest BCUT2D eigenvalue weighted by molar-refractivity contribution is -0.216. The summed E-state index contributed by atoms with van der Waals surface area (Å²) in [5.41, 5.74) is -3.13. The van der Waals surface area contributed by atoms with Gasteiger partial charge in [0, 0.05) is 13.3 Å². The standard InChI is InChI=1S/C21H38N2O8/c1-8-13(9-2)30-16-15(22-12(4)24)14(23-19(27)31-20(5,6)7)11-21(28,17(16)25)18(26)29-10-3/h13-17,25,28H,8-11H2,1-7H3,(H,22,24)(H,23,27)/t14-,15+,16-,17+,21-/m0/s1. The highest BCUT2D eigenvalue weighted by Crippen LogP contribution is 2.34.